The molecule has 0 spiro atoms. The Hall–Kier alpha value is -1.03. The molecule has 156 valence electrons. The summed E-state index contributed by atoms with van der Waals surface area (Å²) in [6, 6.07) is 2.43. The summed E-state index contributed by atoms with van der Waals surface area (Å²) < 4.78 is 46.4. The van der Waals surface area contributed by atoms with Crippen molar-refractivity contribution >= 4 is 0 Å². The molecule has 3 aliphatic carbocycles. The van der Waals surface area contributed by atoms with Crippen LogP contribution in [0.1, 0.15) is 82.6 Å². The van der Waals surface area contributed by atoms with Crippen molar-refractivity contribution in [2.45, 2.75) is 83.2 Å². The van der Waals surface area contributed by atoms with Crippen molar-refractivity contribution in [1.82, 2.24) is 0 Å². The van der Waals surface area contributed by atoms with Crippen LogP contribution in [-0.2, 0) is 4.74 Å². The molecule has 1 aromatic carbocycles. The molecule has 0 radical (unpaired) electrons. The van der Waals surface area contributed by atoms with Crippen molar-refractivity contribution in [3.8, 4) is 0 Å². The van der Waals surface area contributed by atoms with Gasteiger partial charge in [0.1, 0.15) is 0 Å². The molecule has 0 N–H and O–H groups in total. The lowest BCUT2D eigenvalue weighted by Crippen LogP contribution is -2.35. The number of rotatable bonds is 4. The van der Waals surface area contributed by atoms with E-state index in [-0.39, 0.29) is 5.92 Å². The van der Waals surface area contributed by atoms with E-state index >= 15 is 0 Å². The van der Waals surface area contributed by atoms with Gasteiger partial charge >= 0.3 is 0 Å². The van der Waals surface area contributed by atoms with E-state index in [1.165, 1.54) is 57.1 Å². The fourth-order valence-corrected chi connectivity index (χ4v) is 6.43. The van der Waals surface area contributed by atoms with E-state index in [1.807, 2.05) is 0 Å². The molecule has 4 rings (SSSR count). The molecule has 3 aliphatic rings. The van der Waals surface area contributed by atoms with Gasteiger partial charge < -0.3 is 4.74 Å². The Morgan fingerprint density at radius 1 is 0.750 bits per heavy atom. The molecule has 4 heteroatoms. The van der Waals surface area contributed by atoms with Crippen LogP contribution in [0.2, 0.25) is 0 Å². The Morgan fingerprint density at radius 2 is 1.29 bits per heavy atom. The van der Waals surface area contributed by atoms with Crippen LogP contribution in [0, 0.1) is 41.1 Å². The van der Waals surface area contributed by atoms with Gasteiger partial charge in [-0.1, -0.05) is 0 Å². The molecule has 3 saturated carbocycles. The lowest BCUT2D eigenvalue weighted by atomic mass is 9.60. The standard InChI is InChI=1S/C24H33F3O/c1-2-28-21-9-7-15(8-10-21)16-3-4-18-12-19(6-5-17(18)11-16)20-13-22(25)24(27)23(26)14-20/h13-19,21H,2-12H2,1H3/t15?,16?,17-,18-,19-,21?/m1/s1. The van der Waals surface area contributed by atoms with E-state index in [9.17, 15) is 13.2 Å². The smallest absolute Gasteiger partial charge is 0.194 e. The maximum absolute atomic E-state index is 13.6. The summed E-state index contributed by atoms with van der Waals surface area (Å²) >= 11 is 0. The highest BCUT2D eigenvalue weighted by atomic mass is 19.2. The summed E-state index contributed by atoms with van der Waals surface area (Å²) in [5, 5.41) is 0. The Bertz CT molecular complexity index is 645. The normalized spacial score (nSPS) is 36.1. The number of hydrogen-bond acceptors (Lipinski definition) is 1. The quantitative estimate of drug-likeness (QED) is 0.500. The van der Waals surface area contributed by atoms with Gasteiger partial charge in [0.15, 0.2) is 17.5 Å². The van der Waals surface area contributed by atoms with Gasteiger partial charge in [-0.25, -0.2) is 13.2 Å². The predicted molar refractivity (Wildman–Crippen MR) is 105 cm³/mol. The lowest BCUT2D eigenvalue weighted by molar-refractivity contribution is 0.00583. The number of fused-ring (bicyclic) bond motifs is 1. The fourth-order valence-electron chi connectivity index (χ4n) is 6.43. The fraction of sp³-hybridized carbons (Fsp3) is 0.750. The number of halogens is 3. The number of ether oxygens (including phenoxy) is 1. The minimum absolute atomic E-state index is 0.170. The van der Waals surface area contributed by atoms with Crippen LogP contribution in [0.15, 0.2) is 12.1 Å². The molecule has 28 heavy (non-hydrogen) atoms. The number of hydrogen-bond donors (Lipinski definition) is 0. The molecule has 1 nitrogen and oxygen atoms in total. The summed E-state index contributed by atoms with van der Waals surface area (Å²) in [4.78, 5) is 0. The van der Waals surface area contributed by atoms with Gasteiger partial charge in [-0.2, -0.15) is 0 Å². The van der Waals surface area contributed by atoms with Crippen molar-refractivity contribution in [1.29, 1.82) is 0 Å². The highest BCUT2D eigenvalue weighted by molar-refractivity contribution is 5.24. The second-order valence-corrected chi connectivity index (χ2v) is 9.39. The molecular formula is C24H33F3O. The van der Waals surface area contributed by atoms with Crippen molar-refractivity contribution in [2.75, 3.05) is 6.61 Å². The van der Waals surface area contributed by atoms with Crippen LogP contribution in [0.5, 0.6) is 0 Å². The SMILES string of the molecule is CCOC1CCC(C2CC[C@@H]3C[C@H](c4cc(F)c(F)c(F)c4)CC[C@@H]3C2)CC1. The highest BCUT2D eigenvalue weighted by Gasteiger charge is 2.39. The maximum atomic E-state index is 13.6. The Balaban J connectivity index is 1.33. The second kappa shape index (κ2) is 8.77. The first kappa shape index (κ1) is 20.3. The van der Waals surface area contributed by atoms with Gasteiger partial charge in [-0.05, 0) is 118 Å². The van der Waals surface area contributed by atoms with Crippen molar-refractivity contribution in [2.24, 2.45) is 23.7 Å². The summed E-state index contributed by atoms with van der Waals surface area (Å²) in [5.74, 6) is -0.162. The van der Waals surface area contributed by atoms with Crippen LogP contribution in [-0.4, -0.2) is 12.7 Å². The first-order chi connectivity index (χ1) is 13.5. The zero-order valence-electron chi connectivity index (χ0n) is 16.9. The zero-order valence-corrected chi connectivity index (χ0v) is 16.9. The molecule has 0 aliphatic heterocycles. The first-order valence-corrected chi connectivity index (χ1v) is 11.3. The van der Waals surface area contributed by atoms with Gasteiger partial charge in [0.05, 0.1) is 6.10 Å². The third-order valence-electron chi connectivity index (χ3n) is 7.92. The average molecular weight is 395 g/mol. The topological polar surface area (TPSA) is 9.23 Å². The molecule has 1 aromatic rings. The lowest BCUT2D eigenvalue weighted by Gasteiger charge is -2.45. The summed E-state index contributed by atoms with van der Waals surface area (Å²) in [7, 11) is 0. The zero-order chi connectivity index (χ0) is 19.7. The monoisotopic (exact) mass is 394 g/mol. The van der Waals surface area contributed by atoms with E-state index in [4.69, 9.17) is 4.74 Å². The molecule has 0 aromatic heterocycles. The molecule has 1 unspecified atom stereocenters. The van der Waals surface area contributed by atoms with Crippen LogP contribution < -0.4 is 0 Å². The Kier molecular flexibility index (Phi) is 6.34. The van der Waals surface area contributed by atoms with E-state index < -0.39 is 17.5 Å². The van der Waals surface area contributed by atoms with E-state index in [2.05, 4.69) is 6.92 Å². The predicted octanol–water partition coefficient (Wildman–Crippen LogP) is 7.00. The van der Waals surface area contributed by atoms with Crippen molar-refractivity contribution < 1.29 is 17.9 Å². The van der Waals surface area contributed by atoms with E-state index in [0.717, 1.165) is 43.6 Å². The Labute approximate surface area is 167 Å². The molecule has 0 amide bonds. The largest absolute Gasteiger partial charge is 0.379 e. The van der Waals surface area contributed by atoms with Crippen LogP contribution >= 0.6 is 0 Å². The third-order valence-corrected chi connectivity index (χ3v) is 7.92. The summed E-state index contributed by atoms with van der Waals surface area (Å²) in [6.45, 7) is 2.91. The van der Waals surface area contributed by atoms with Gasteiger partial charge in [0, 0.05) is 6.61 Å². The van der Waals surface area contributed by atoms with Crippen molar-refractivity contribution in [3.05, 3.63) is 35.1 Å². The molecule has 0 bridgehead atoms. The van der Waals surface area contributed by atoms with Gasteiger partial charge in [-0.15, -0.1) is 0 Å². The highest BCUT2D eigenvalue weighted by Crippen LogP contribution is 2.50. The number of benzene rings is 1. The summed E-state index contributed by atoms with van der Waals surface area (Å²) in [5.41, 5.74) is 0.645. The third kappa shape index (κ3) is 4.27. The Morgan fingerprint density at radius 3 is 1.93 bits per heavy atom. The molecule has 3 fully saturated rings. The minimum atomic E-state index is -1.35. The van der Waals surface area contributed by atoms with Crippen LogP contribution in [0.4, 0.5) is 13.2 Å². The molecule has 0 heterocycles. The average Bonchev–Trinajstić information content (AvgIpc) is 2.71. The maximum Gasteiger partial charge on any atom is 0.194 e. The van der Waals surface area contributed by atoms with Crippen LogP contribution in [0.25, 0.3) is 0 Å². The van der Waals surface area contributed by atoms with Gasteiger partial charge in [-0.3, -0.25) is 0 Å². The van der Waals surface area contributed by atoms with Crippen molar-refractivity contribution in [3.63, 3.8) is 0 Å². The van der Waals surface area contributed by atoms with Crippen LogP contribution in [0.3, 0.4) is 0 Å². The van der Waals surface area contributed by atoms with Gasteiger partial charge in [0.25, 0.3) is 0 Å². The van der Waals surface area contributed by atoms with E-state index in [0.29, 0.717) is 17.6 Å². The molecular weight excluding hydrogens is 361 g/mol. The molecule has 0 saturated heterocycles. The second-order valence-electron chi connectivity index (χ2n) is 9.39. The van der Waals surface area contributed by atoms with Gasteiger partial charge in [0.2, 0.25) is 0 Å². The minimum Gasteiger partial charge on any atom is -0.379 e. The van der Waals surface area contributed by atoms with E-state index in [1.54, 1.807) is 0 Å². The summed E-state index contributed by atoms with van der Waals surface area (Å²) in [6.07, 6.45) is 12.5. The first-order valence-electron chi connectivity index (χ1n) is 11.3. The molecule has 4 atom stereocenters.